The predicted molar refractivity (Wildman–Crippen MR) is 54.6 cm³/mol. The number of hydrogen-bond acceptors (Lipinski definition) is 4. The minimum Gasteiger partial charge on any atom is -0.478 e. The maximum Gasteiger partial charge on any atom is 0.336 e. The van der Waals surface area contributed by atoms with E-state index in [0.717, 1.165) is 0 Å². The van der Waals surface area contributed by atoms with Gasteiger partial charge in [-0.3, -0.25) is 0 Å². The van der Waals surface area contributed by atoms with E-state index in [0.29, 0.717) is 11.3 Å². The first kappa shape index (κ1) is 11.5. The van der Waals surface area contributed by atoms with Gasteiger partial charge in [0.1, 0.15) is 0 Å². The second kappa shape index (κ2) is 5.33. The Morgan fingerprint density at radius 1 is 1.47 bits per heavy atom. The minimum atomic E-state index is -1.02. The molecule has 1 aromatic rings. The number of benzene rings is 1. The molecule has 1 aromatic carbocycles. The first-order valence-corrected chi connectivity index (χ1v) is 4.45. The van der Waals surface area contributed by atoms with Gasteiger partial charge in [-0.05, 0) is 23.8 Å². The van der Waals surface area contributed by atoms with Crippen molar-refractivity contribution in [1.29, 1.82) is 0 Å². The molecule has 0 atom stereocenters. The number of aliphatic hydroxyl groups excluding tert-OH is 1. The van der Waals surface area contributed by atoms with Gasteiger partial charge < -0.3 is 20.7 Å². The number of aromatic carboxylic acids is 1. The molecule has 0 spiro atoms. The van der Waals surface area contributed by atoms with E-state index in [4.69, 9.17) is 20.7 Å². The van der Waals surface area contributed by atoms with Crippen molar-refractivity contribution >= 4 is 11.7 Å². The Kier molecular flexibility index (Phi) is 4.08. The van der Waals surface area contributed by atoms with Crippen LogP contribution in [0.1, 0.15) is 15.9 Å². The molecule has 0 aliphatic rings. The SMILES string of the molecule is Nc1ccc(C(=O)O)c(COCCO)c1. The molecule has 0 amide bonds. The highest BCUT2D eigenvalue weighted by Crippen LogP contribution is 2.14. The number of hydrogen-bond donors (Lipinski definition) is 3. The van der Waals surface area contributed by atoms with E-state index in [2.05, 4.69) is 0 Å². The number of nitrogens with two attached hydrogens (primary N) is 1. The number of anilines is 1. The summed E-state index contributed by atoms with van der Waals surface area (Å²) in [6.45, 7) is 0.214. The van der Waals surface area contributed by atoms with Crippen LogP contribution in [0, 0.1) is 0 Å². The fourth-order valence-corrected chi connectivity index (χ4v) is 1.19. The van der Waals surface area contributed by atoms with E-state index in [-0.39, 0.29) is 25.4 Å². The van der Waals surface area contributed by atoms with Gasteiger partial charge in [-0.1, -0.05) is 0 Å². The maximum atomic E-state index is 10.8. The monoisotopic (exact) mass is 211 g/mol. The lowest BCUT2D eigenvalue weighted by Crippen LogP contribution is -2.06. The summed E-state index contributed by atoms with van der Waals surface area (Å²) in [7, 11) is 0. The lowest BCUT2D eigenvalue weighted by atomic mass is 10.1. The average molecular weight is 211 g/mol. The third kappa shape index (κ3) is 3.23. The van der Waals surface area contributed by atoms with Crippen molar-refractivity contribution in [2.45, 2.75) is 6.61 Å². The molecule has 0 saturated heterocycles. The topological polar surface area (TPSA) is 92.8 Å². The molecule has 82 valence electrons. The summed E-state index contributed by atoms with van der Waals surface area (Å²) in [6, 6.07) is 4.52. The molecule has 0 aromatic heterocycles. The molecule has 5 nitrogen and oxygen atoms in total. The number of rotatable bonds is 5. The molecule has 0 heterocycles. The quantitative estimate of drug-likeness (QED) is 0.486. The Bertz CT molecular complexity index is 351. The van der Waals surface area contributed by atoms with Crippen LogP contribution >= 0.6 is 0 Å². The van der Waals surface area contributed by atoms with Gasteiger partial charge >= 0.3 is 5.97 Å². The van der Waals surface area contributed by atoms with Gasteiger partial charge in [-0.2, -0.15) is 0 Å². The van der Waals surface area contributed by atoms with Crippen molar-refractivity contribution in [2.75, 3.05) is 18.9 Å². The van der Waals surface area contributed by atoms with Crippen LogP contribution in [0.25, 0.3) is 0 Å². The molecule has 0 fully saturated rings. The van der Waals surface area contributed by atoms with Crippen LogP contribution in [0.2, 0.25) is 0 Å². The molecule has 0 radical (unpaired) electrons. The fraction of sp³-hybridized carbons (Fsp3) is 0.300. The van der Waals surface area contributed by atoms with Gasteiger partial charge in [-0.15, -0.1) is 0 Å². The zero-order chi connectivity index (χ0) is 11.3. The highest BCUT2D eigenvalue weighted by atomic mass is 16.5. The summed E-state index contributed by atoms with van der Waals surface area (Å²) >= 11 is 0. The zero-order valence-corrected chi connectivity index (χ0v) is 8.14. The normalized spacial score (nSPS) is 10.2. The Morgan fingerprint density at radius 3 is 2.80 bits per heavy atom. The summed E-state index contributed by atoms with van der Waals surface area (Å²) in [5.41, 5.74) is 6.70. The Balaban J connectivity index is 2.82. The molecule has 1 rings (SSSR count). The van der Waals surface area contributed by atoms with Crippen LogP contribution in [0.5, 0.6) is 0 Å². The maximum absolute atomic E-state index is 10.8. The van der Waals surface area contributed by atoms with Gasteiger partial charge in [0.25, 0.3) is 0 Å². The lowest BCUT2D eigenvalue weighted by Gasteiger charge is -2.07. The molecule has 5 heteroatoms. The summed E-state index contributed by atoms with van der Waals surface area (Å²) in [6.07, 6.45) is 0. The van der Waals surface area contributed by atoms with Crippen molar-refractivity contribution in [2.24, 2.45) is 0 Å². The molecule has 0 bridgehead atoms. The van der Waals surface area contributed by atoms with Crippen molar-refractivity contribution in [3.8, 4) is 0 Å². The van der Waals surface area contributed by atoms with Gasteiger partial charge in [0, 0.05) is 5.69 Å². The first-order valence-electron chi connectivity index (χ1n) is 4.45. The van der Waals surface area contributed by atoms with Crippen LogP contribution in [-0.2, 0) is 11.3 Å². The Hall–Kier alpha value is -1.59. The highest BCUT2D eigenvalue weighted by molar-refractivity contribution is 5.89. The number of carboxylic acids is 1. The van der Waals surface area contributed by atoms with E-state index >= 15 is 0 Å². The van der Waals surface area contributed by atoms with E-state index in [1.54, 1.807) is 6.07 Å². The third-order valence-corrected chi connectivity index (χ3v) is 1.85. The second-order valence-corrected chi connectivity index (χ2v) is 3.00. The smallest absolute Gasteiger partial charge is 0.336 e. The third-order valence-electron chi connectivity index (χ3n) is 1.85. The van der Waals surface area contributed by atoms with Gasteiger partial charge in [0.15, 0.2) is 0 Å². The number of carboxylic acid groups (broad SMARTS) is 1. The lowest BCUT2D eigenvalue weighted by molar-refractivity contribution is 0.0672. The van der Waals surface area contributed by atoms with Gasteiger partial charge in [-0.25, -0.2) is 4.79 Å². The fourth-order valence-electron chi connectivity index (χ4n) is 1.19. The molecule has 0 unspecified atom stereocenters. The number of ether oxygens (including phenoxy) is 1. The predicted octanol–water partition coefficient (Wildman–Crippen LogP) is 0.476. The van der Waals surface area contributed by atoms with Crippen LogP contribution in [0.3, 0.4) is 0 Å². The number of carbonyl (C=O) groups is 1. The summed E-state index contributed by atoms with van der Waals surface area (Å²) in [5, 5.41) is 17.4. The van der Waals surface area contributed by atoms with Crippen LogP contribution < -0.4 is 5.73 Å². The molecule has 15 heavy (non-hydrogen) atoms. The van der Waals surface area contributed by atoms with E-state index in [9.17, 15) is 4.79 Å². The van der Waals surface area contributed by atoms with E-state index < -0.39 is 5.97 Å². The van der Waals surface area contributed by atoms with Crippen molar-refractivity contribution in [1.82, 2.24) is 0 Å². The highest BCUT2D eigenvalue weighted by Gasteiger charge is 2.09. The molecular weight excluding hydrogens is 198 g/mol. The van der Waals surface area contributed by atoms with Crippen LogP contribution in [0.4, 0.5) is 5.69 Å². The Labute approximate surface area is 87.1 Å². The minimum absolute atomic E-state index is 0.0925. The Morgan fingerprint density at radius 2 is 2.20 bits per heavy atom. The van der Waals surface area contributed by atoms with E-state index in [1.165, 1.54) is 12.1 Å². The van der Waals surface area contributed by atoms with Crippen LogP contribution in [-0.4, -0.2) is 29.4 Å². The van der Waals surface area contributed by atoms with Crippen LogP contribution in [0.15, 0.2) is 18.2 Å². The summed E-state index contributed by atoms with van der Waals surface area (Å²) < 4.78 is 5.05. The zero-order valence-electron chi connectivity index (χ0n) is 8.14. The average Bonchev–Trinajstić information content (AvgIpc) is 2.18. The largest absolute Gasteiger partial charge is 0.478 e. The number of nitrogen functional groups attached to an aromatic ring is 1. The molecule has 0 aliphatic heterocycles. The molecule has 0 aliphatic carbocycles. The van der Waals surface area contributed by atoms with Crippen molar-refractivity contribution in [3.63, 3.8) is 0 Å². The first-order chi connectivity index (χ1) is 7.15. The van der Waals surface area contributed by atoms with Crippen molar-refractivity contribution in [3.05, 3.63) is 29.3 Å². The van der Waals surface area contributed by atoms with Crippen molar-refractivity contribution < 1.29 is 19.7 Å². The second-order valence-electron chi connectivity index (χ2n) is 3.00. The summed E-state index contributed by atoms with van der Waals surface area (Å²) in [5.74, 6) is -1.02. The van der Waals surface area contributed by atoms with Gasteiger partial charge in [0.2, 0.25) is 0 Å². The van der Waals surface area contributed by atoms with Gasteiger partial charge in [0.05, 0.1) is 25.4 Å². The standard InChI is InChI=1S/C10H13NO4/c11-8-1-2-9(10(13)14)7(5-8)6-15-4-3-12/h1-2,5,12H,3-4,6,11H2,(H,13,14). The molecule has 0 saturated carbocycles. The number of aliphatic hydroxyl groups is 1. The molecular formula is C10H13NO4. The van der Waals surface area contributed by atoms with E-state index in [1.807, 2.05) is 0 Å². The molecule has 4 N–H and O–H groups in total. The summed E-state index contributed by atoms with van der Waals surface area (Å²) in [4.78, 5) is 10.8.